The number of ether oxygens (including phenoxy) is 2. The van der Waals surface area contributed by atoms with Crippen molar-refractivity contribution in [2.75, 3.05) is 24.4 Å². The Hall–Kier alpha value is -4.72. The highest BCUT2D eigenvalue weighted by molar-refractivity contribution is 6.07. The maximum Gasteiger partial charge on any atom is 0.339 e. The number of pyridine rings is 1. The van der Waals surface area contributed by atoms with Crippen molar-refractivity contribution in [1.29, 1.82) is 0 Å². The van der Waals surface area contributed by atoms with Gasteiger partial charge in [0.05, 0.1) is 23.9 Å². The summed E-state index contributed by atoms with van der Waals surface area (Å²) in [5.74, 6) is -0.766. The molecule has 37 heavy (non-hydrogen) atoms. The zero-order valence-corrected chi connectivity index (χ0v) is 20.2. The van der Waals surface area contributed by atoms with E-state index in [9.17, 15) is 14.4 Å². The van der Waals surface area contributed by atoms with E-state index in [0.29, 0.717) is 28.3 Å². The Kier molecular flexibility index (Phi) is 6.81. The summed E-state index contributed by atoms with van der Waals surface area (Å²) in [5.41, 5.74) is 4.52. The SMILES string of the molecule is COc1ccccc1NC(=O)c1ccc(NC(=O)COC(=O)c2c3c(nc4ccccc24)CCC3)cc1. The van der Waals surface area contributed by atoms with Gasteiger partial charge in [0.2, 0.25) is 0 Å². The molecule has 0 saturated heterocycles. The van der Waals surface area contributed by atoms with Crippen LogP contribution >= 0.6 is 0 Å². The molecule has 0 saturated carbocycles. The summed E-state index contributed by atoms with van der Waals surface area (Å²) in [5, 5.41) is 6.23. The lowest BCUT2D eigenvalue weighted by Crippen LogP contribution is -2.22. The van der Waals surface area contributed by atoms with Crippen LogP contribution in [0.2, 0.25) is 0 Å². The van der Waals surface area contributed by atoms with Crippen LogP contribution in [0.3, 0.4) is 0 Å². The molecular formula is C29H25N3O5. The van der Waals surface area contributed by atoms with E-state index in [1.165, 1.54) is 7.11 Å². The molecular weight excluding hydrogens is 470 g/mol. The van der Waals surface area contributed by atoms with Gasteiger partial charge in [-0.1, -0.05) is 30.3 Å². The highest BCUT2D eigenvalue weighted by atomic mass is 16.5. The average Bonchev–Trinajstić information content (AvgIpc) is 3.39. The van der Waals surface area contributed by atoms with Gasteiger partial charge in [-0.05, 0) is 67.3 Å². The van der Waals surface area contributed by atoms with Crippen molar-refractivity contribution >= 4 is 40.1 Å². The molecule has 3 aromatic carbocycles. The second-order valence-corrected chi connectivity index (χ2v) is 8.64. The number of hydrogen-bond acceptors (Lipinski definition) is 6. The molecule has 8 heteroatoms. The lowest BCUT2D eigenvalue weighted by Gasteiger charge is -2.12. The van der Waals surface area contributed by atoms with Crippen LogP contribution in [0.5, 0.6) is 5.75 Å². The number of amides is 2. The highest BCUT2D eigenvalue weighted by Gasteiger charge is 2.25. The topological polar surface area (TPSA) is 107 Å². The van der Waals surface area contributed by atoms with Gasteiger partial charge in [0.1, 0.15) is 5.75 Å². The Morgan fingerprint density at radius 3 is 2.46 bits per heavy atom. The monoisotopic (exact) mass is 495 g/mol. The van der Waals surface area contributed by atoms with Crippen LogP contribution in [0.1, 0.15) is 38.4 Å². The van der Waals surface area contributed by atoms with E-state index in [4.69, 9.17) is 9.47 Å². The van der Waals surface area contributed by atoms with E-state index >= 15 is 0 Å². The van der Waals surface area contributed by atoms with E-state index in [2.05, 4.69) is 15.6 Å². The molecule has 4 aromatic rings. The first kappa shape index (κ1) is 24.0. The van der Waals surface area contributed by atoms with Gasteiger partial charge in [0, 0.05) is 22.3 Å². The van der Waals surface area contributed by atoms with Gasteiger partial charge in [-0.3, -0.25) is 14.6 Å². The molecule has 2 N–H and O–H groups in total. The molecule has 0 aliphatic heterocycles. The number of nitrogens with one attached hydrogen (secondary N) is 2. The zero-order chi connectivity index (χ0) is 25.8. The average molecular weight is 496 g/mol. The number of benzene rings is 3. The maximum atomic E-state index is 13.0. The summed E-state index contributed by atoms with van der Waals surface area (Å²) in [7, 11) is 1.53. The van der Waals surface area contributed by atoms with Crippen molar-refractivity contribution in [2.24, 2.45) is 0 Å². The molecule has 0 spiro atoms. The summed E-state index contributed by atoms with van der Waals surface area (Å²) in [6.45, 7) is -0.430. The van der Waals surface area contributed by atoms with E-state index in [0.717, 1.165) is 41.4 Å². The smallest absolute Gasteiger partial charge is 0.339 e. The van der Waals surface area contributed by atoms with Crippen LogP contribution in [-0.4, -0.2) is 36.5 Å². The van der Waals surface area contributed by atoms with Gasteiger partial charge in [0.25, 0.3) is 11.8 Å². The van der Waals surface area contributed by atoms with Crippen LogP contribution in [0.4, 0.5) is 11.4 Å². The minimum Gasteiger partial charge on any atom is -0.495 e. The van der Waals surface area contributed by atoms with Gasteiger partial charge in [-0.25, -0.2) is 4.79 Å². The number of fused-ring (bicyclic) bond motifs is 2. The number of hydrogen-bond donors (Lipinski definition) is 2. The quantitative estimate of drug-likeness (QED) is 0.358. The molecule has 186 valence electrons. The third-order valence-electron chi connectivity index (χ3n) is 6.24. The van der Waals surface area contributed by atoms with Crippen LogP contribution in [0.25, 0.3) is 10.9 Å². The number of esters is 1. The van der Waals surface area contributed by atoms with E-state index in [1.54, 1.807) is 42.5 Å². The first-order valence-electron chi connectivity index (χ1n) is 12.0. The first-order chi connectivity index (χ1) is 18.0. The van der Waals surface area contributed by atoms with Gasteiger partial charge >= 0.3 is 5.97 Å². The molecule has 1 aliphatic carbocycles. The summed E-state index contributed by atoms with van der Waals surface area (Å²) in [6, 6.07) is 21.0. The van der Waals surface area contributed by atoms with E-state index < -0.39 is 18.5 Å². The minimum atomic E-state index is -0.532. The number of para-hydroxylation sites is 3. The number of aryl methyl sites for hydroxylation is 1. The second-order valence-electron chi connectivity index (χ2n) is 8.64. The van der Waals surface area contributed by atoms with Crippen molar-refractivity contribution < 1.29 is 23.9 Å². The number of carbonyl (C=O) groups excluding carboxylic acids is 3. The Morgan fingerprint density at radius 2 is 1.65 bits per heavy atom. The zero-order valence-electron chi connectivity index (χ0n) is 20.2. The second kappa shape index (κ2) is 10.5. The fraction of sp³-hybridized carbons (Fsp3) is 0.172. The number of aromatic nitrogens is 1. The third kappa shape index (κ3) is 5.13. The van der Waals surface area contributed by atoms with Crippen molar-refractivity contribution in [3.8, 4) is 5.75 Å². The molecule has 5 rings (SSSR count). The van der Waals surface area contributed by atoms with Crippen molar-refractivity contribution in [3.05, 3.63) is 95.2 Å². The molecule has 0 unspecified atom stereocenters. The van der Waals surface area contributed by atoms with Crippen LogP contribution < -0.4 is 15.4 Å². The summed E-state index contributed by atoms with van der Waals surface area (Å²) >= 11 is 0. The van der Waals surface area contributed by atoms with Gasteiger partial charge in [0.15, 0.2) is 6.61 Å². The largest absolute Gasteiger partial charge is 0.495 e. The number of anilines is 2. The summed E-state index contributed by atoms with van der Waals surface area (Å²) in [4.78, 5) is 42.8. The van der Waals surface area contributed by atoms with Crippen LogP contribution in [0.15, 0.2) is 72.8 Å². The fourth-order valence-corrected chi connectivity index (χ4v) is 4.49. The molecule has 0 fully saturated rings. The molecule has 1 aliphatic rings. The fourth-order valence-electron chi connectivity index (χ4n) is 4.49. The lowest BCUT2D eigenvalue weighted by atomic mass is 10.0. The lowest BCUT2D eigenvalue weighted by molar-refractivity contribution is -0.119. The molecule has 1 heterocycles. The highest BCUT2D eigenvalue weighted by Crippen LogP contribution is 2.30. The van der Waals surface area contributed by atoms with Crippen LogP contribution in [-0.2, 0) is 22.4 Å². The predicted octanol–water partition coefficient (Wildman–Crippen LogP) is 4.78. The van der Waals surface area contributed by atoms with Gasteiger partial charge in [-0.2, -0.15) is 0 Å². The van der Waals surface area contributed by atoms with Crippen LogP contribution in [0, 0.1) is 0 Å². The first-order valence-corrected chi connectivity index (χ1v) is 12.0. The minimum absolute atomic E-state index is 0.312. The molecule has 0 atom stereocenters. The standard InChI is InChI=1S/C29H25N3O5/c1-36-25-12-5-4-10-24(25)32-28(34)18-13-15-19(16-14-18)30-26(33)17-37-29(35)27-20-7-2-3-9-22(20)31-23-11-6-8-21(23)27/h2-5,7,9-10,12-16H,6,8,11,17H2,1H3,(H,30,33)(H,32,34). The predicted molar refractivity (Wildman–Crippen MR) is 140 cm³/mol. The third-order valence-corrected chi connectivity index (χ3v) is 6.24. The molecule has 0 bridgehead atoms. The van der Waals surface area contributed by atoms with Crippen molar-refractivity contribution in [1.82, 2.24) is 4.98 Å². The van der Waals surface area contributed by atoms with Gasteiger partial charge < -0.3 is 20.1 Å². The maximum absolute atomic E-state index is 13.0. The number of carbonyl (C=O) groups is 3. The Labute approximate surface area is 213 Å². The Morgan fingerprint density at radius 1 is 0.892 bits per heavy atom. The number of rotatable bonds is 7. The molecule has 2 amide bonds. The summed E-state index contributed by atoms with van der Waals surface area (Å²) < 4.78 is 10.6. The van der Waals surface area contributed by atoms with Crippen molar-refractivity contribution in [2.45, 2.75) is 19.3 Å². The number of methoxy groups -OCH3 is 1. The van der Waals surface area contributed by atoms with Gasteiger partial charge in [-0.15, -0.1) is 0 Å². The van der Waals surface area contributed by atoms with E-state index in [-0.39, 0.29) is 5.91 Å². The van der Waals surface area contributed by atoms with Crippen molar-refractivity contribution in [3.63, 3.8) is 0 Å². The van der Waals surface area contributed by atoms with E-state index in [1.807, 2.05) is 30.3 Å². The summed E-state index contributed by atoms with van der Waals surface area (Å²) in [6.07, 6.45) is 2.53. The molecule has 1 aromatic heterocycles. The molecule has 0 radical (unpaired) electrons. The number of nitrogens with zero attached hydrogens (tertiary/aromatic N) is 1. The Balaban J connectivity index is 1.21. The Bertz CT molecular complexity index is 1500. The molecule has 8 nitrogen and oxygen atoms in total. The normalized spacial score (nSPS) is 12.0.